The van der Waals surface area contributed by atoms with Crippen molar-refractivity contribution in [2.75, 3.05) is 18.0 Å². The molecule has 1 saturated carbocycles. The Hall–Kier alpha value is -1.41. The number of piperidine rings is 1. The van der Waals surface area contributed by atoms with Gasteiger partial charge in [-0.25, -0.2) is 15.0 Å². The van der Waals surface area contributed by atoms with E-state index >= 15 is 0 Å². The molecule has 25 heavy (non-hydrogen) atoms. The molecule has 0 spiro atoms. The molecule has 2 fully saturated rings. The Bertz CT molecular complexity index is 775. The van der Waals surface area contributed by atoms with Crippen LogP contribution in [0.25, 0.3) is 0 Å². The summed E-state index contributed by atoms with van der Waals surface area (Å²) in [6.45, 7) is 1.41. The zero-order chi connectivity index (χ0) is 17.6. The van der Waals surface area contributed by atoms with Gasteiger partial charge in [-0.3, -0.25) is 0 Å². The van der Waals surface area contributed by atoms with Crippen molar-refractivity contribution in [3.63, 3.8) is 0 Å². The molecule has 0 radical (unpaired) electrons. The highest BCUT2D eigenvalue weighted by atomic mass is 35.5. The maximum Gasteiger partial charge on any atom is 0.434 e. The minimum atomic E-state index is -4.39. The number of nitrogens with zero attached hydrogens (tertiary/aromatic N) is 4. The predicted octanol–water partition coefficient (Wildman–Crippen LogP) is 4.87. The van der Waals surface area contributed by atoms with Crippen molar-refractivity contribution in [1.29, 1.82) is 0 Å². The molecule has 1 unspecified atom stereocenters. The van der Waals surface area contributed by atoms with E-state index in [9.17, 15) is 13.2 Å². The first kappa shape index (κ1) is 17.0. The minimum absolute atomic E-state index is 0.0204. The summed E-state index contributed by atoms with van der Waals surface area (Å²) in [4.78, 5) is 14.8. The van der Waals surface area contributed by atoms with E-state index in [1.165, 1.54) is 0 Å². The monoisotopic (exact) mass is 388 g/mol. The van der Waals surface area contributed by atoms with E-state index in [-0.39, 0.29) is 5.92 Å². The third-order valence-electron chi connectivity index (χ3n) is 4.55. The van der Waals surface area contributed by atoms with Gasteiger partial charge in [0.25, 0.3) is 0 Å². The molecule has 0 amide bonds. The van der Waals surface area contributed by atoms with Gasteiger partial charge in [0.15, 0.2) is 5.69 Å². The smallest absolute Gasteiger partial charge is 0.356 e. The molecule has 2 aromatic rings. The first-order chi connectivity index (χ1) is 11.9. The van der Waals surface area contributed by atoms with E-state index < -0.39 is 11.9 Å². The van der Waals surface area contributed by atoms with Gasteiger partial charge in [-0.15, -0.1) is 11.3 Å². The van der Waals surface area contributed by atoms with Gasteiger partial charge in [-0.1, -0.05) is 11.6 Å². The van der Waals surface area contributed by atoms with E-state index in [1.807, 2.05) is 0 Å². The molecule has 0 aromatic carbocycles. The average molecular weight is 389 g/mol. The van der Waals surface area contributed by atoms with Gasteiger partial charge in [0.1, 0.15) is 16.8 Å². The lowest BCUT2D eigenvalue weighted by molar-refractivity contribution is -0.140. The molecule has 2 aromatic heterocycles. The normalized spacial score (nSPS) is 21.6. The molecule has 1 aliphatic carbocycles. The largest absolute Gasteiger partial charge is 0.434 e. The first-order valence-electron chi connectivity index (χ1n) is 8.22. The Morgan fingerprint density at radius 2 is 1.92 bits per heavy atom. The Morgan fingerprint density at radius 1 is 1.12 bits per heavy atom. The Kier molecular flexibility index (Phi) is 4.35. The fraction of sp³-hybridized carbons (Fsp3) is 0.562. The third-order valence-corrected chi connectivity index (χ3v) is 5.75. The van der Waals surface area contributed by atoms with Gasteiger partial charge >= 0.3 is 6.18 Å². The van der Waals surface area contributed by atoms with Crippen molar-refractivity contribution < 1.29 is 13.2 Å². The van der Waals surface area contributed by atoms with Crippen LogP contribution >= 0.6 is 22.9 Å². The van der Waals surface area contributed by atoms with Crippen LogP contribution in [-0.4, -0.2) is 28.0 Å². The molecule has 9 heteroatoms. The van der Waals surface area contributed by atoms with Gasteiger partial charge in [-0.05, 0) is 25.7 Å². The van der Waals surface area contributed by atoms with E-state index in [2.05, 4.69) is 19.9 Å². The first-order valence-corrected chi connectivity index (χ1v) is 9.48. The van der Waals surface area contributed by atoms with Crippen LogP contribution < -0.4 is 4.90 Å². The highest BCUT2D eigenvalue weighted by Crippen LogP contribution is 2.40. The summed E-state index contributed by atoms with van der Waals surface area (Å²) in [6.07, 6.45) is -0.506. The summed E-state index contributed by atoms with van der Waals surface area (Å²) in [5.41, 5.74) is -0.800. The van der Waals surface area contributed by atoms with E-state index in [0.717, 1.165) is 60.6 Å². The van der Waals surface area contributed by atoms with E-state index in [4.69, 9.17) is 11.6 Å². The third kappa shape index (κ3) is 3.74. The lowest BCUT2D eigenvalue weighted by Crippen LogP contribution is -2.35. The zero-order valence-corrected chi connectivity index (χ0v) is 14.8. The molecular formula is C16H16ClF3N4S. The van der Waals surface area contributed by atoms with Gasteiger partial charge in [0.2, 0.25) is 0 Å². The minimum Gasteiger partial charge on any atom is -0.356 e. The van der Waals surface area contributed by atoms with Crippen LogP contribution in [0, 0.1) is 0 Å². The SMILES string of the molecule is FC(F)(F)c1csc(C2CCCN(c3cc(Cl)nc(C4CC4)n3)C2)n1. The molecule has 0 bridgehead atoms. The molecule has 4 rings (SSSR count). The molecule has 0 N–H and O–H groups in total. The summed E-state index contributed by atoms with van der Waals surface area (Å²) in [7, 11) is 0. The van der Waals surface area contributed by atoms with Gasteiger partial charge in [-0.2, -0.15) is 13.2 Å². The molecule has 1 atom stereocenters. The lowest BCUT2D eigenvalue weighted by atomic mass is 9.99. The highest BCUT2D eigenvalue weighted by Gasteiger charge is 2.35. The second-order valence-corrected chi connectivity index (χ2v) is 7.81. The second-order valence-electron chi connectivity index (χ2n) is 6.54. The zero-order valence-electron chi connectivity index (χ0n) is 13.3. The van der Waals surface area contributed by atoms with Crippen molar-refractivity contribution in [2.24, 2.45) is 0 Å². The number of anilines is 1. The van der Waals surface area contributed by atoms with E-state index in [0.29, 0.717) is 22.6 Å². The van der Waals surface area contributed by atoms with Crippen LogP contribution in [-0.2, 0) is 6.18 Å². The predicted molar refractivity (Wildman–Crippen MR) is 90.3 cm³/mol. The molecule has 3 heterocycles. The summed E-state index contributed by atoms with van der Waals surface area (Å²) in [5.74, 6) is 1.91. The van der Waals surface area contributed by atoms with Crippen LogP contribution in [0.15, 0.2) is 11.4 Å². The number of hydrogen-bond acceptors (Lipinski definition) is 5. The Balaban J connectivity index is 1.54. The van der Waals surface area contributed by atoms with Crippen molar-refractivity contribution in [3.05, 3.63) is 33.1 Å². The number of hydrogen-bond donors (Lipinski definition) is 0. The molecule has 2 aliphatic rings. The number of rotatable bonds is 3. The summed E-state index contributed by atoms with van der Waals surface area (Å²) >= 11 is 7.22. The summed E-state index contributed by atoms with van der Waals surface area (Å²) in [6, 6.07) is 1.73. The van der Waals surface area contributed by atoms with Crippen LogP contribution in [0.5, 0.6) is 0 Å². The van der Waals surface area contributed by atoms with Gasteiger partial charge in [0.05, 0.1) is 5.01 Å². The topological polar surface area (TPSA) is 41.9 Å². The number of halogens is 4. The van der Waals surface area contributed by atoms with Crippen LogP contribution in [0.3, 0.4) is 0 Å². The number of thiazole rings is 1. The molecule has 1 saturated heterocycles. The van der Waals surface area contributed by atoms with E-state index in [1.54, 1.807) is 6.07 Å². The van der Waals surface area contributed by atoms with Crippen molar-refractivity contribution in [3.8, 4) is 0 Å². The number of alkyl halides is 3. The van der Waals surface area contributed by atoms with Gasteiger partial charge in [0, 0.05) is 36.4 Å². The average Bonchev–Trinajstić information content (AvgIpc) is 3.29. The summed E-state index contributed by atoms with van der Waals surface area (Å²) in [5, 5.41) is 2.06. The quantitative estimate of drug-likeness (QED) is 0.704. The number of aromatic nitrogens is 3. The molecule has 134 valence electrons. The standard InChI is InChI=1S/C16H16ClF3N4S/c17-12-6-13(23-14(22-12)9-3-4-9)24-5-1-2-10(7-24)15-21-11(8-25-15)16(18,19)20/h6,8-10H,1-5,7H2. The van der Waals surface area contributed by atoms with Gasteiger partial charge < -0.3 is 4.90 Å². The Labute approximate surface area is 152 Å². The molecule has 1 aliphatic heterocycles. The van der Waals surface area contributed by atoms with Crippen LogP contribution in [0.1, 0.15) is 54.0 Å². The molecule has 4 nitrogen and oxygen atoms in total. The maximum atomic E-state index is 12.8. The van der Waals surface area contributed by atoms with Crippen molar-refractivity contribution in [1.82, 2.24) is 15.0 Å². The van der Waals surface area contributed by atoms with Crippen molar-refractivity contribution >= 4 is 28.8 Å². The highest BCUT2D eigenvalue weighted by molar-refractivity contribution is 7.09. The fourth-order valence-electron chi connectivity index (χ4n) is 3.10. The van der Waals surface area contributed by atoms with Crippen molar-refractivity contribution in [2.45, 2.75) is 43.7 Å². The lowest BCUT2D eigenvalue weighted by Gasteiger charge is -2.32. The Morgan fingerprint density at radius 3 is 2.60 bits per heavy atom. The maximum absolute atomic E-state index is 12.8. The van der Waals surface area contributed by atoms with Crippen LogP contribution in [0.2, 0.25) is 5.15 Å². The second kappa shape index (κ2) is 6.39. The molecular weight excluding hydrogens is 373 g/mol. The van der Waals surface area contributed by atoms with Crippen LogP contribution in [0.4, 0.5) is 19.0 Å². The fourth-order valence-corrected chi connectivity index (χ4v) is 4.24. The summed E-state index contributed by atoms with van der Waals surface area (Å²) < 4.78 is 38.3.